The minimum Gasteiger partial charge on any atom is -0.490 e. The molecule has 3 heteroatoms. The summed E-state index contributed by atoms with van der Waals surface area (Å²) >= 11 is 0. The van der Waals surface area contributed by atoms with Crippen molar-refractivity contribution < 1.29 is 4.74 Å². The predicted octanol–water partition coefficient (Wildman–Crippen LogP) is 3.01. The van der Waals surface area contributed by atoms with E-state index < -0.39 is 0 Å². The van der Waals surface area contributed by atoms with Crippen molar-refractivity contribution in [1.29, 1.82) is 0 Å². The third-order valence-electron chi connectivity index (χ3n) is 3.61. The van der Waals surface area contributed by atoms with E-state index in [2.05, 4.69) is 22.9 Å². The molecule has 0 saturated carbocycles. The molecular formula is C16H18N2O. The molecule has 1 N–H and O–H groups in total. The highest BCUT2D eigenvalue weighted by Gasteiger charge is 2.16. The third kappa shape index (κ3) is 2.47. The maximum Gasteiger partial charge on any atom is 0.127 e. The maximum absolute atomic E-state index is 6.15. The average Bonchev–Trinajstić information content (AvgIpc) is 2.48. The third-order valence-corrected chi connectivity index (χ3v) is 3.61. The van der Waals surface area contributed by atoms with Crippen LogP contribution in [-0.2, 0) is 0 Å². The molecule has 19 heavy (non-hydrogen) atoms. The molecule has 3 rings (SSSR count). The minimum absolute atomic E-state index is 0.305. The van der Waals surface area contributed by atoms with Gasteiger partial charge in [0, 0.05) is 23.3 Å². The van der Waals surface area contributed by atoms with Gasteiger partial charge in [-0.3, -0.25) is 4.98 Å². The summed E-state index contributed by atoms with van der Waals surface area (Å²) in [5.74, 6) is 0.931. The van der Waals surface area contributed by atoms with E-state index in [4.69, 9.17) is 4.74 Å². The molecule has 0 spiro atoms. The van der Waals surface area contributed by atoms with Crippen molar-refractivity contribution >= 4 is 16.8 Å². The highest BCUT2D eigenvalue weighted by Crippen LogP contribution is 2.30. The fourth-order valence-corrected chi connectivity index (χ4v) is 2.58. The summed E-state index contributed by atoms with van der Waals surface area (Å²) in [6.07, 6.45) is 7.98. The van der Waals surface area contributed by atoms with Gasteiger partial charge >= 0.3 is 0 Å². The van der Waals surface area contributed by atoms with Crippen LogP contribution in [0, 0.1) is 0 Å². The second-order valence-corrected chi connectivity index (χ2v) is 4.85. The highest BCUT2D eigenvalue weighted by atomic mass is 16.5. The SMILES string of the molecule is C=Cc1c(OC2CCNCC2)ccc2cnccc12. The molecule has 0 unspecified atom stereocenters. The summed E-state index contributed by atoms with van der Waals surface area (Å²) < 4.78 is 6.15. The Kier molecular flexibility index (Phi) is 3.47. The molecule has 0 bridgehead atoms. The van der Waals surface area contributed by atoms with Crippen LogP contribution in [0.1, 0.15) is 18.4 Å². The molecule has 1 saturated heterocycles. The Labute approximate surface area is 113 Å². The van der Waals surface area contributed by atoms with Crippen LogP contribution in [0.4, 0.5) is 0 Å². The lowest BCUT2D eigenvalue weighted by Gasteiger charge is -2.25. The lowest BCUT2D eigenvalue weighted by atomic mass is 10.0. The molecule has 0 aliphatic carbocycles. The van der Waals surface area contributed by atoms with Gasteiger partial charge in [0.25, 0.3) is 0 Å². The van der Waals surface area contributed by atoms with Crippen molar-refractivity contribution in [3.05, 3.63) is 42.7 Å². The molecule has 1 aromatic carbocycles. The zero-order valence-corrected chi connectivity index (χ0v) is 10.9. The first-order valence-corrected chi connectivity index (χ1v) is 6.75. The van der Waals surface area contributed by atoms with Gasteiger partial charge in [0.1, 0.15) is 11.9 Å². The molecule has 1 fully saturated rings. The molecule has 0 atom stereocenters. The Morgan fingerprint density at radius 2 is 2.11 bits per heavy atom. The maximum atomic E-state index is 6.15. The first-order chi connectivity index (χ1) is 9.38. The van der Waals surface area contributed by atoms with E-state index in [-0.39, 0.29) is 0 Å². The quantitative estimate of drug-likeness (QED) is 0.914. The van der Waals surface area contributed by atoms with Crippen LogP contribution in [0.5, 0.6) is 5.75 Å². The lowest BCUT2D eigenvalue weighted by Crippen LogP contribution is -2.34. The van der Waals surface area contributed by atoms with Gasteiger partial charge in [-0.25, -0.2) is 0 Å². The summed E-state index contributed by atoms with van der Waals surface area (Å²) in [6.45, 7) is 5.99. The van der Waals surface area contributed by atoms with Crippen LogP contribution in [0.3, 0.4) is 0 Å². The van der Waals surface area contributed by atoms with E-state index in [9.17, 15) is 0 Å². The second kappa shape index (κ2) is 5.41. The number of piperidine rings is 1. The lowest BCUT2D eigenvalue weighted by molar-refractivity contribution is 0.162. The summed E-state index contributed by atoms with van der Waals surface area (Å²) in [7, 11) is 0. The van der Waals surface area contributed by atoms with Crippen molar-refractivity contribution in [2.75, 3.05) is 13.1 Å². The van der Waals surface area contributed by atoms with Crippen molar-refractivity contribution in [3.8, 4) is 5.75 Å². The van der Waals surface area contributed by atoms with Crippen LogP contribution in [0.25, 0.3) is 16.8 Å². The van der Waals surface area contributed by atoms with Crippen LogP contribution >= 0.6 is 0 Å². The van der Waals surface area contributed by atoms with Crippen LogP contribution < -0.4 is 10.1 Å². The van der Waals surface area contributed by atoms with Crippen molar-refractivity contribution in [2.24, 2.45) is 0 Å². The molecule has 2 heterocycles. The van der Waals surface area contributed by atoms with Gasteiger partial charge in [0.15, 0.2) is 0 Å². The van der Waals surface area contributed by atoms with E-state index >= 15 is 0 Å². The van der Waals surface area contributed by atoms with E-state index in [1.807, 2.05) is 30.6 Å². The molecule has 98 valence electrons. The molecule has 1 aliphatic heterocycles. The van der Waals surface area contributed by atoms with Gasteiger partial charge in [0.2, 0.25) is 0 Å². The van der Waals surface area contributed by atoms with Gasteiger partial charge in [-0.05, 0) is 49.5 Å². The van der Waals surface area contributed by atoms with Crippen molar-refractivity contribution in [2.45, 2.75) is 18.9 Å². The Morgan fingerprint density at radius 1 is 1.26 bits per heavy atom. The Bertz CT molecular complexity index is 588. The number of benzene rings is 1. The number of nitrogens with one attached hydrogen (secondary N) is 1. The molecule has 0 radical (unpaired) electrons. The predicted molar refractivity (Wildman–Crippen MR) is 78.4 cm³/mol. The Balaban J connectivity index is 1.96. The highest BCUT2D eigenvalue weighted by molar-refractivity contribution is 5.92. The van der Waals surface area contributed by atoms with Gasteiger partial charge in [-0.15, -0.1) is 0 Å². The van der Waals surface area contributed by atoms with Gasteiger partial charge in [0.05, 0.1) is 0 Å². The summed E-state index contributed by atoms with van der Waals surface area (Å²) in [4.78, 5) is 4.15. The fraction of sp³-hybridized carbons (Fsp3) is 0.312. The molecule has 1 aliphatic rings. The minimum atomic E-state index is 0.305. The van der Waals surface area contributed by atoms with Gasteiger partial charge < -0.3 is 10.1 Å². The number of nitrogens with zero attached hydrogens (tertiary/aromatic N) is 1. The number of fused-ring (bicyclic) bond motifs is 1. The molecular weight excluding hydrogens is 236 g/mol. The van der Waals surface area contributed by atoms with Crippen molar-refractivity contribution in [3.63, 3.8) is 0 Å². The van der Waals surface area contributed by atoms with Gasteiger partial charge in [-0.2, -0.15) is 0 Å². The second-order valence-electron chi connectivity index (χ2n) is 4.85. The smallest absolute Gasteiger partial charge is 0.127 e. The number of pyridine rings is 1. The van der Waals surface area contributed by atoms with E-state index in [1.165, 1.54) is 0 Å². The first-order valence-electron chi connectivity index (χ1n) is 6.75. The van der Waals surface area contributed by atoms with E-state index in [1.54, 1.807) is 0 Å². The molecule has 0 amide bonds. The summed E-state index contributed by atoms with van der Waals surface area (Å²) in [5.41, 5.74) is 1.07. The molecule has 3 nitrogen and oxygen atoms in total. The first kappa shape index (κ1) is 12.2. The standard InChI is InChI=1S/C16H18N2O/c1-2-14-15-7-10-18-11-12(15)3-4-16(14)19-13-5-8-17-9-6-13/h2-4,7,10-11,13,17H,1,5-6,8-9H2. The number of rotatable bonds is 3. The average molecular weight is 254 g/mol. The molecule has 2 aromatic rings. The fourth-order valence-electron chi connectivity index (χ4n) is 2.58. The normalized spacial score (nSPS) is 16.4. The van der Waals surface area contributed by atoms with E-state index in [0.29, 0.717) is 6.10 Å². The van der Waals surface area contributed by atoms with Crippen molar-refractivity contribution in [1.82, 2.24) is 10.3 Å². The number of ether oxygens (including phenoxy) is 1. The number of aromatic nitrogens is 1. The largest absolute Gasteiger partial charge is 0.490 e. The number of hydrogen-bond acceptors (Lipinski definition) is 3. The Morgan fingerprint density at radius 3 is 2.89 bits per heavy atom. The summed E-state index contributed by atoms with van der Waals surface area (Å²) in [5, 5.41) is 5.62. The number of hydrogen-bond donors (Lipinski definition) is 1. The Hall–Kier alpha value is -1.87. The zero-order chi connectivity index (χ0) is 13.1. The van der Waals surface area contributed by atoms with Crippen LogP contribution in [0.2, 0.25) is 0 Å². The van der Waals surface area contributed by atoms with Gasteiger partial charge in [-0.1, -0.05) is 12.7 Å². The van der Waals surface area contributed by atoms with E-state index in [0.717, 1.165) is 48.0 Å². The monoisotopic (exact) mass is 254 g/mol. The zero-order valence-electron chi connectivity index (χ0n) is 10.9. The summed E-state index contributed by atoms with van der Waals surface area (Å²) in [6, 6.07) is 6.11. The van der Waals surface area contributed by atoms with Crippen LogP contribution in [-0.4, -0.2) is 24.2 Å². The van der Waals surface area contributed by atoms with Crippen LogP contribution in [0.15, 0.2) is 37.2 Å². The molecule has 1 aromatic heterocycles. The topological polar surface area (TPSA) is 34.1 Å².